The highest BCUT2D eigenvalue weighted by molar-refractivity contribution is 5.70. The minimum atomic E-state index is -1.07. The second kappa shape index (κ2) is 4.79. The van der Waals surface area contributed by atoms with Crippen molar-refractivity contribution >= 4 is 6.09 Å². The number of aliphatic hydroxyl groups is 1. The summed E-state index contributed by atoms with van der Waals surface area (Å²) in [5.74, 6) is 2.22. The summed E-state index contributed by atoms with van der Waals surface area (Å²) in [6, 6.07) is -0.583. The minimum absolute atomic E-state index is 0.192. The molecule has 0 unspecified atom stereocenters. The highest BCUT2D eigenvalue weighted by atomic mass is 16.6. The van der Waals surface area contributed by atoms with E-state index in [0.717, 1.165) is 0 Å². The number of nitrogens with zero attached hydrogens (tertiary/aromatic N) is 1. The van der Waals surface area contributed by atoms with E-state index < -0.39 is 29.6 Å². The lowest BCUT2D eigenvalue weighted by Gasteiger charge is -2.35. The van der Waals surface area contributed by atoms with Gasteiger partial charge >= 0.3 is 6.09 Å². The molecule has 0 bridgehead atoms. The van der Waals surface area contributed by atoms with Gasteiger partial charge in [0.05, 0.1) is 12.6 Å². The van der Waals surface area contributed by atoms with Gasteiger partial charge in [-0.3, -0.25) is 4.90 Å². The van der Waals surface area contributed by atoms with Crippen LogP contribution in [0.1, 0.15) is 34.6 Å². The molecule has 1 rings (SSSR count). The van der Waals surface area contributed by atoms with E-state index in [1.807, 2.05) is 0 Å². The Morgan fingerprint density at radius 3 is 2.61 bits per heavy atom. The molecule has 1 aliphatic heterocycles. The third-order valence-electron chi connectivity index (χ3n) is 2.64. The summed E-state index contributed by atoms with van der Waals surface area (Å²) < 4.78 is 10.8. The fraction of sp³-hybridized carbons (Fsp3) is 0.769. The topological polar surface area (TPSA) is 59.0 Å². The van der Waals surface area contributed by atoms with Gasteiger partial charge in [0.2, 0.25) is 0 Å². The van der Waals surface area contributed by atoms with E-state index in [-0.39, 0.29) is 6.61 Å². The largest absolute Gasteiger partial charge is 0.444 e. The smallest absolute Gasteiger partial charge is 0.413 e. The quantitative estimate of drug-likeness (QED) is 0.719. The van der Waals surface area contributed by atoms with Gasteiger partial charge in [-0.15, -0.1) is 6.42 Å². The van der Waals surface area contributed by atoms with Gasteiger partial charge in [-0.2, -0.15) is 0 Å². The predicted molar refractivity (Wildman–Crippen MR) is 66.7 cm³/mol. The molecule has 1 aliphatic rings. The zero-order valence-electron chi connectivity index (χ0n) is 11.6. The molecular weight excluding hydrogens is 234 g/mol. The molecule has 0 radical (unpaired) electrons. The number of carbonyl (C=O) groups excluding carboxylic acids is 1. The maximum atomic E-state index is 12.2. The van der Waals surface area contributed by atoms with E-state index in [2.05, 4.69) is 5.92 Å². The molecule has 0 aliphatic carbocycles. The average Bonchev–Trinajstić information content (AvgIpc) is 2.50. The van der Waals surface area contributed by atoms with E-state index in [1.54, 1.807) is 34.6 Å². The molecule has 0 spiro atoms. The van der Waals surface area contributed by atoms with Crippen molar-refractivity contribution in [3.63, 3.8) is 0 Å². The standard InChI is InChI=1S/C13H21NO4/c1-7-10(15)9-8-17-13(5,6)14(9)11(16)18-12(2,3)4/h1,9-10,15H,8H2,2-6H3/t9-,10-/m1/s1. The van der Waals surface area contributed by atoms with Crippen LogP contribution < -0.4 is 0 Å². The van der Waals surface area contributed by atoms with Crippen LogP contribution in [0.3, 0.4) is 0 Å². The Hall–Kier alpha value is -1.25. The molecule has 5 nitrogen and oxygen atoms in total. The van der Waals surface area contributed by atoms with E-state index in [0.29, 0.717) is 0 Å². The van der Waals surface area contributed by atoms with Crippen molar-refractivity contribution in [2.45, 2.75) is 58.1 Å². The van der Waals surface area contributed by atoms with Crippen LogP contribution in [0.25, 0.3) is 0 Å². The summed E-state index contributed by atoms with van der Waals surface area (Å²) in [7, 11) is 0. The second-order valence-corrected chi connectivity index (χ2v) is 5.79. The van der Waals surface area contributed by atoms with Gasteiger partial charge in [0.15, 0.2) is 0 Å². The van der Waals surface area contributed by atoms with Gasteiger partial charge in [-0.1, -0.05) is 5.92 Å². The Morgan fingerprint density at radius 2 is 2.17 bits per heavy atom. The molecule has 2 atom stereocenters. The number of ether oxygens (including phenoxy) is 2. The highest BCUT2D eigenvalue weighted by Crippen LogP contribution is 2.30. The normalized spacial score (nSPS) is 24.5. The van der Waals surface area contributed by atoms with Gasteiger partial charge in [0.25, 0.3) is 0 Å². The van der Waals surface area contributed by atoms with E-state index in [9.17, 15) is 9.90 Å². The zero-order valence-corrected chi connectivity index (χ0v) is 11.6. The van der Waals surface area contributed by atoms with Crippen molar-refractivity contribution in [3.05, 3.63) is 0 Å². The van der Waals surface area contributed by atoms with E-state index >= 15 is 0 Å². The van der Waals surface area contributed by atoms with Gasteiger partial charge < -0.3 is 14.6 Å². The molecule has 1 heterocycles. The average molecular weight is 255 g/mol. The summed E-state index contributed by atoms with van der Waals surface area (Å²) in [5.41, 5.74) is -1.45. The Kier molecular flexibility index (Phi) is 3.94. The molecule has 1 saturated heterocycles. The first-order chi connectivity index (χ1) is 8.08. The van der Waals surface area contributed by atoms with Crippen LogP contribution in [0.4, 0.5) is 4.79 Å². The van der Waals surface area contributed by atoms with Gasteiger partial charge in [-0.05, 0) is 34.6 Å². The van der Waals surface area contributed by atoms with Crippen LogP contribution in [-0.4, -0.2) is 46.2 Å². The molecule has 102 valence electrons. The Bertz CT molecular complexity index is 364. The fourth-order valence-electron chi connectivity index (χ4n) is 1.84. The second-order valence-electron chi connectivity index (χ2n) is 5.79. The van der Waals surface area contributed by atoms with Gasteiger partial charge in [0, 0.05) is 0 Å². The maximum absolute atomic E-state index is 12.2. The predicted octanol–water partition coefficient (Wildman–Crippen LogP) is 1.35. The van der Waals surface area contributed by atoms with Crippen molar-refractivity contribution in [1.82, 2.24) is 4.90 Å². The van der Waals surface area contributed by atoms with Crippen LogP contribution in [0.2, 0.25) is 0 Å². The lowest BCUT2D eigenvalue weighted by atomic mass is 10.1. The molecule has 18 heavy (non-hydrogen) atoms. The van der Waals surface area contributed by atoms with Gasteiger partial charge in [0.1, 0.15) is 17.4 Å². The molecule has 0 aromatic carbocycles. The summed E-state index contributed by atoms with van der Waals surface area (Å²) in [6.07, 6.45) is 3.59. The fourth-order valence-corrected chi connectivity index (χ4v) is 1.84. The van der Waals surface area contributed by atoms with Crippen LogP contribution in [0.15, 0.2) is 0 Å². The Morgan fingerprint density at radius 1 is 1.61 bits per heavy atom. The first kappa shape index (κ1) is 14.8. The number of carbonyl (C=O) groups is 1. The summed E-state index contributed by atoms with van der Waals surface area (Å²) >= 11 is 0. The minimum Gasteiger partial charge on any atom is -0.444 e. The number of rotatable bonds is 1. The third-order valence-corrected chi connectivity index (χ3v) is 2.64. The lowest BCUT2D eigenvalue weighted by molar-refractivity contribution is -0.0658. The SMILES string of the molecule is C#C[C@@H](O)[C@H]1COC(C)(C)N1C(=O)OC(C)(C)C. The monoisotopic (exact) mass is 255 g/mol. The van der Waals surface area contributed by atoms with Crippen molar-refractivity contribution < 1.29 is 19.4 Å². The van der Waals surface area contributed by atoms with Crippen LogP contribution in [0.5, 0.6) is 0 Å². The zero-order chi connectivity index (χ0) is 14.1. The summed E-state index contributed by atoms with van der Waals surface area (Å²) in [6.45, 7) is 9.00. The van der Waals surface area contributed by atoms with Crippen LogP contribution >= 0.6 is 0 Å². The lowest BCUT2D eigenvalue weighted by Crippen LogP contribution is -2.53. The van der Waals surface area contributed by atoms with Crippen molar-refractivity contribution in [3.8, 4) is 12.3 Å². The number of amides is 1. The van der Waals surface area contributed by atoms with E-state index in [4.69, 9.17) is 15.9 Å². The first-order valence-electron chi connectivity index (χ1n) is 5.89. The van der Waals surface area contributed by atoms with E-state index in [1.165, 1.54) is 4.90 Å². The molecule has 0 aromatic rings. The van der Waals surface area contributed by atoms with Crippen LogP contribution in [0, 0.1) is 12.3 Å². The number of hydrogen-bond donors (Lipinski definition) is 1. The molecule has 1 N–H and O–H groups in total. The van der Waals surface area contributed by atoms with Crippen LogP contribution in [-0.2, 0) is 9.47 Å². The number of hydrogen-bond acceptors (Lipinski definition) is 4. The molecule has 1 amide bonds. The molecule has 1 fully saturated rings. The third kappa shape index (κ3) is 3.15. The molecule has 0 aromatic heterocycles. The first-order valence-corrected chi connectivity index (χ1v) is 5.89. The maximum Gasteiger partial charge on any atom is 0.413 e. The Labute approximate surface area is 108 Å². The molecule has 0 saturated carbocycles. The molecular formula is C13H21NO4. The van der Waals surface area contributed by atoms with Crippen molar-refractivity contribution in [2.75, 3.05) is 6.61 Å². The van der Waals surface area contributed by atoms with Gasteiger partial charge in [-0.25, -0.2) is 4.79 Å². The summed E-state index contributed by atoms with van der Waals surface area (Å²) in [5, 5.41) is 9.74. The summed E-state index contributed by atoms with van der Waals surface area (Å²) in [4.78, 5) is 13.5. The molecule has 5 heteroatoms. The number of terminal acetylenes is 1. The van der Waals surface area contributed by atoms with Crippen molar-refractivity contribution in [1.29, 1.82) is 0 Å². The highest BCUT2D eigenvalue weighted by Gasteiger charge is 2.48. The number of aliphatic hydroxyl groups excluding tert-OH is 1. The van der Waals surface area contributed by atoms with Crippen molar-refractivity contribution in [2.24, 2.45) is 0 Å². The Balaban J connectivity index is 2.93.